The molecule has 1 aliphatic rings. The number of nitrogen functional groups attached to an aromatic ring is 1. The fourth-order valence-electron chi connectivity index (χ4n) is 2.37. The van der Waals surface area contributed by atoms with Crippen LogP contribution in [0.25, 0.3) is 11.2 Å². The molecular weight excluding hydrogens is 266 g/mol. The van der Waals surface area contributed by atoms with E-state index in [9.17, 15) is 15.0 Å². The Balaban J connectivity index is 2.16. The Morgan fingerprint density at radius 3 is 2.85 bits per heavy atom. The van der Waals surface area contributed by atoms with Crippen LogP contribution in [-0.2, 0) is 0 Å². The minimum absolute atomic E-state index is 0.0661. The van der Waals surface area contributed by atoms with E-state index in [1.807, 2.05) is 0 Å². The van der Waals surface area contributed by atoms with Crippen LogP contribution in [0.3, 0.4) is 0 Å². The largest absolute Gasteiger partial charge is 0.392 e. The van der Waals surface area contributed by atoms with E-state index in [1.165, 1.54) is 17.0 Å². The van der Waals surface area contributed by atoms with Gasteiger partial charge in [0.15, 0.2) is 11.2 Å². The molecule has 0 spiro atoms. The molecule has 3 rings (SSSR count). The summed E-state index contributed by atoms with van der Waals surface area (Å²) in [6, 6.07) is -0.675. The topological polar surface area (TPSA) is 150 Å². The number of fused-ring (bicyclic) bond motifs is 1. The number of hydrogen-bond donors (Lipinski definition) is 5. The van der Waals surface area contributed by atoms with E-state index in [0.717, 1.165) is 0 Å². The van der Waals surface area contributed by atoms with Crippen molar-refractivity contribution in [2.75, 3.05) is 12.3 Å². The summed E-state index contributed by atoms with van der Waals surface area (Å²) in [5.41, 5.74) is 5.61. The van der Waals surface area contributed by atoms with Crippen LogP contribution in [0.5, 0.6) is 0 Å². The van der Waals surface area contributed by atoms with Crippen LogP contribution in [0.2, 0.25) is 0 Å². The third kappa shape index (κ3) is 1.72. The van der Waals surface area contributed by atoms with E-state index in [-0.39, 0.29) is 23.7 Å². The molecule has 6 N–H and O–H groups in total. The maximum absolute atomic E-state index is 11.7. The Bertz CT molecular complexity index is 749. The van der Waals surface area contributed by atoms with Crippen molar-refractivity contribution in [3.63, 3.8) is 0 Å². The van der Waals surface area contributed by atoms with Crippen LogP contribution in [0, 0.1) is 0 Å². The number of nitrogens with one attached hydrogen (secondary N) is 1. The highest BCUT2D eigenvalue weighted by atomic mass is 16.3. The minimum Gasteiger partial charge on any atom is -0.392 e. The number of aromatic amines is 1. The molecule has 106 valence electrons. The molecule has 0 bridgehead atoms. The molecular formula is C11H13N5O4. The Labute approximate surface area is 112 Å². The maximum Gasteiger partial charge on any atom is 0.280 e. The van der Waals surface area contributed by atoms with Crippen molar-refractivity contribution in [3.05, 3.63) is 28.3 Å². The third-order valence-electron chi connectivity index (χ3n) is 3.39. The Kier molecular flexibility index (Phi) is 2.82. The molecule has 0 aromatic carbocycles. The van der Waals surface area contributed by atoms with Crippen LogP contribution >= 0.6 is 0 Å². The van der Waals surface area contributed by atoms with Crippen LogP contribution in [0.4, 0.5) is 5.95 Å². The molecule has 0 saturated heterocycles. The van der Waals surface area contributed by atoms with Crippen molar-refractivity contribution < 1.29 is 15.3 Å². The Hall–Kier alpha value is -2.23. The van der Waals surface area contributed by atoms with Gasteiger partial charge in [-0.05, 0) is 5.57 Å². The summed E-state index contributed by atoms with van der Waals surface area (Å²) < 4.78 is 1.44. The molecule has 9 heteroatoms. The number of aliphatic hydroxyl groups is 3. The standard InChI is InChI=1S/C11H13N5O4/c12-11-14-9-6(10(20)15-11)13-3-16(9)5-1-4(2-17)7(18)8(5)19/h1,3,5,7-8,17-19H,2H2,(H3,12,14,15,20)/t5-,7-,8+/m0/s1. The van der Waals surface area contributed by atoms with Gasteiger partial charge in [-0.15, -0.1) is 0 Å². The summed E-state index contributed by atoms with van der Waals surface area (Å²) in [4.78, 5) is 21.9. The maximum atomic E-state index is 11.7. The number of anilines is 1. The molecule has 0 aliphatic heterocycles. The van der Waals surface area contributed by atoms with Crippen molar-refractivity contribution in [3.8, 4) is 0 Å². The van der Waals surface area contributed by atoms with Gasteiger partial charge in [-0.3, -0.25) is 9.78 Å². The van der Waals surface area contributed by atoms with E-state index in [1.54, 1.807) is 0 Å². The lowest BCUT2D eigenvalue weighted by Crippen LogP contribution is -2.30. The predicted molar refractivity (Wildman–Crippen MR) is 68.8 cm³/mol. The number of aliphatic hydroxyl groups excluding tert-OH is 3. The number of H-pyrrole nitrogens is 1. The summed E-state index contributed by atoms with van der Waals surface area (Å²) in [5.74, 6) is -0.0661. The van der Waals surface area contributed by atoms with Gasteiger partial charge in [0, 0.05) is 0 Å². The second-order valence-electron chi connectivity index (χ2n) is 4.60. The van der Waals surface area contributed by atoms with Gasteiger partial charge >= 0.3 is 0 Å². The molecule has 0 fully saturated rings. The van der Waals surface area contributed by atoms with Gasteiger partial charge in [-0.1, -0.05) is 6.08 Å². The molecule has 3 atom stereocenters. The van der Waals surface area contributed by atoms with Gasteiger partial charge < -0.3 is 25.6 Å². The highest BCUT2D eigenvalue weighted by molar-refractivity contribution is 5.70. The first-order chi connectivity index (χ1) is 9.52. The summed E-state index contributed by atoms with van der Waals surface area (Å²) in [7, 11) is 0. The smallest absolute Gasteiger partial charge is 0.280 e. The van der Waals surface area contributed by atoms with Gasteiger partial charge in [-0.25, -0.2) is 4.98 Å². The van der Waals surface area contributed by atoms with Crippen LogP contribution in [-0.4, -0.2) is 53.7 Å². The second-order valence-corrected chi connectivity index (χ2v) is 4.60. The van der Waals surface area contributed by atoms with Gasteiger partial charge in [0.2, 0.25) is 5.95 Å². The number of imidazole rings is 1. The number of hydrogen-bond acceptors (Lipinski definition) is 7. The zero-order valence-corrected chi connectivity index (χ0v) is 10.3. The molecule has 2 aromatic rings. The van der Waals surface area contributed by atoms with Crippen LogP contribution in [0.15, 0.2) is 22.8 Å². The lowest BCUT2D eigenvalue weighted by molar-refractivity contribution is 0.0287. The zero-order valence-electron chi connectivity index (χ0n) is 10.3. The highest BCUT2D eigenvalue weighted by Gasteiger charge is 2.36. The summed E-state index contributed by atoms with van der Waals surface area (Å²) in [5, 5.41) is 28.9. The van der Waals surface area contributed by atoms with Gasteiger partial charge in [0.1, 0.15) is 12.2 Å². The molecule has 0 radical (unpaired) electrons. The van der Waals surface area contributed by atoms with Crippen molar-refractivity contribution in [2.24, 2.45) is 0 Å². The summed E-state index contributed by atoms with van der Waals surface area (Å²) in [6.07, 6.45) is 0.540. The van der Waals surface area contributed by atoms with Crippen molar-refractivity contribution >= 4 is 17.1 Å². The third-order valence-corrected chi connectivity index (χ3v) is 3.39. The molecule has 0 unspecified atom stereocenters. The number of nitrogens with zero attached hydrogens (tertiary/aromatic N) is 3. The summed E-state index contributed by atoms with van der Waals surface area (Å²) in [6.45, 7) is -0.364. The van der Waals surface area contributed by atoms with Crippen molar-refractivity contribution in [2.45, 2.75) is 18.2 Å². The van der Waals surface area contributed by atoms with E-state index in [0.29, 0.717) is 5.57 Å². The van der Waals surface area contributed by atoms with Gasteiger partial charge in [0.05, 0.1) is 19.0 Å². The first-order valence-corrected chi connectivity index (χ1v) is 5.93. The number of aromatic nitrogens is 4. The fourth-order valence-corrected chi connectivity index (χ4v) is 2.37. The molecule has 2 aromatic heterocycles. The molecule has 0 saturated carbocycles. The van der Waals surface area contributed by atoms with E-state index >= 15 is 0 Å². The average Bonchev–Trinajstić information content (AvgIpc) is 2.93. The van der Waals surface area contributed by atoms with Crippen molar-refractivity contribution in [1.29, 1.82) is 0 Å². The minimum atomic E-state index is -1.17. The van der Waals surface area contributed by atoms with Crippen LogP contribution < -0.4 is 11.3 Å². The summed E-state index contributed by atoms with van der Waals surface area (Å²) >= 11 is 0. The molecule has 20 heavy (non-hydrogen) atoms. The van der Waals surface area contributed by atoms with Crippen LogP contribution in [0.1, 0.15) is 6.04 Å². The Morgan fingerprint density at radius 2 is 2.20 bits per heavy atom. The first kappa shape index (κ1) is 12.8. The molecule has 2 heterocycles. The SMILES string of the molecule is Nc1nc2c(ncn2[C@H]2C=C(CO)[C@H](O)[C@@H]2O)c(=O)[nH]1. The molecule has 0 amide bonds. The quantitative estimate of drug-likeness (QED) is 0.395. The molecule has 1 aliphatic carbocycles. The monoisotopic (exact) mass is 279 g/mol. The average molecular weight is 279 g/mol. The van der Waals surface area contributed by atoms with Gasteiger partial charge in [-0.2, -0.15) is 4.98 Å². The lowest BCUT2D eigenvalue weighted by Gasteiger charge is -2.18. The van der Waals surface area contributed by atoms with E-state index < -0.39 is 23.8 Å². The first-order valence-electron chi connectivity index (χ1n) is 5.93. The van der Waals surface area contributed by atoms with E-state index in [4.69, 9.17) is 10.8 Å². The van der Waals surface area contributed by atoms with E-state index in [2.05, 4.69) is 15.0 Å². The Morgan fingerprint density at radius 1 is 1.45 bits per heavy atom. The normalized spacial score (nSPS) is 26.1. The fraction of sp³-hybridized carbons (Fsp3) is 0.364. The number of nitrogens with two attached hydrogens (primary N) is 1. The van der Waals surface area contributed by atoms with Gasteiger partial charge in [0.25, 0.3) is 5.56 Å². The second kappa shape index (κ2) is 4.40. The van der Waals surface area contributed by atoms with Crippen molar-refractivity contribution in [1.82, 2.24) is 19.5 Å². The predicted octanol–water partition coefficient (Wildman–Crippen LogP) is -2.10. The highest BCUT2D eigenvalue weighted by Crippen LogP contribution is 2.30. The lowest BCUT2D eigenvalue weighted by atomic mass is 10.1. The number of rotatable bonds is 2. The zero-order chi connectivity index (χ0) is 14.4. The molecule has 9 nitrogen and oxygen atoms in total.